The number of alkyl halides is 1. The van der Waals surface area contributed by atoms with Crippen molar-refractivity contribution in [2.75, 3.05) is 5.33 Å². The second-order valence-corrected chi connectivity index (χ2v) is 6.25. The molecule has 0 N–H and O–H groups in total. The Morgan fingerprint density at radius 1 is 1.39 bits per heavy atom. The molecule has 0 aliphatic heterocycles. The Morgan fingerprint density at radius 2 is 2.11 bits per heavy atom. The van der Waals surface area contributed by atoms with Crippen LogP contribution in [0.2, 0.25) is 0 Å². The molecule has 0 bridgehead atoms. The lowest BCUT2D eigenvalue weighted by molar-refractivity contribution is -0.102. The summed E-state index contributed by atoms with van der Waals surface area (Å²) >= 11 is 3.67. The fourth-order valence-electron chi connectivity index (χ4n) is 3.04. The van der Waals surface area contributed by atoms with Crippen LogP contribution in [0.15, 0.2) is 30.3 Å². The minimum Gasteiger partial charge on any atom is -0.366 e. The van der Waals surface area contributed by atoms with Crippen molar-refractivity contribution < 1.29 is 4.74 Å². The highest BCUT2D eigenvalue weighted by molar-refractivity contribution is 9.09. The van der Waals surface area contributed by atoms with Gasteiger partial charge in [0.1, 0.15) is 0 Å². The molecule has 1 fully saturated rings. The molecule has 2 rings (SSSR count). The lowest BCUT2D eigenvalue weighted by Crippen LogP contribution is -2.40. The standard InChI is InChI=1S/C16H23BrO/c1-13-7-6-10-16(11-13,12-17)18-14(2)15-8-4-3-5-9-15/h3-5,8-9,13-14H,6-7,10-12H2,1-2H3. The minimum atomic E-state index is 0.0346. The van der Waals surface area contributed by atoms with Crippen LogP contribution in [0.1, 0.15) is 51.2 Å². The number of hydrogen-bond acceptors (Lipinski definition) is 1. The largest absolute Gasteiger partial charge is 0.366 e. The van der Waals surface area contributed by atoms with Crippen LogP contribution in [-0.2, 0) is 4.74 Å². The number of halogens is 1. The molecule has 1 aromatic carbocycles. The highest BCUT2D eigenvalue weighted by Crippen LogP contribution is 2.39. The summed E-state index contributed by atoms with van der Waals surface area (Å²) in [7, 11) is 0. The van der Waals surface area contributed by atoms with Crippen LogP contribution in [0, 0.1) is 5.92 Å². The van der Waals surface area contributed by atoms with E-state index in [9.17, 15) is 0 Å². The number of hydrogen-bond donors (Lipinski definition) is 0. The summed E-state index contributed by atoms with van der Waals surface area (Å²) in [5, 5.41) is 0.946. The normalized spacial score (nSPS) is 30.1. The Balaban J connectivity index is 2.06. The summed E-state index contributed by atoms with van der Waals surface area (Å²) in [5.74, 6) is 0.777. The van der Waals surface area contributed by atoms with Crippen molar-refractivity contribution in [3.63, 3.8) is 0 Å². The molecule has 0 radical (unpaired) electrons. The van der Waals surface area contributed by atoms with E-state index < -0.39 is 0 Å². The van der Waals surface area contributed by atoms with E-state index in [2.05, 4.69) is 60.1 Å². The van der Waals surface area contributed by atoms with Crippen LogP contribution in [-0.4, -0.2) is 10.9 Å². The summed E-state index contributed by atoms with van der Waals surface area (Å²) in [6.45, 7) is 4.51. The van der Waals surface area contributed by atoms with Crippen LogP contribution in [0.4, 0.5) is 0 Å². The van der Waals surface area contributed by atoms with Gasteiger partial charge in [-0.1, -0.05) is 66.0 Å². The van der Waals surface area contributed by atoms with Gasteiger partial charge in [0.25, 0.3) is 0 Å². The summed E-state index contributed by atoms with van der Waals surface area (Å²) in [5.41, 5.74) is 1.31. The second kappa shape index (κ2) is 6.21. The van der Waals surface area contributed by atoms with Crippen molar-refractivity contribution in [2.24, 2.45) is 5.92 Å². The van der Waals surface area contributed by atoms with Gasteiger partial charge in [-0.25, -0.2) is 0 Å². The molecule has 0 aromatic heterocycles. The quantitative estimate of drug-likeness (QED) is 0.702. The molecule has 1 saturated carbocycles. The van der Waals surface area contributed by atoms with Gasteiger partial charge in [0.15, 0.2) is 0 Å². The summed E-state index contributed by atoms with van der Waals surface area (Å²) < 4.78 is 6.44. The van der Waals surface area contributed by atoms with Crippen molar-refractivity contribution in [2.45, 2.75) is 51.2 Å². The van der Waals surface area contributed by atoms with Gasteiger partial charge in [-0.3, -0.25) is 0 Å². The third kappa shape index (κ3) is 3.36. The summed E-state index contributed by atoms with van der Waals surface area (Å²) in [4.78, 5) is 0. The van der Waals surface area contributed by atoms with Crippen molar-refractivity contribution >= 4 is 15.9 Å². The Kier molecular flexibility index (Phi) is 4.85. The minimum absolute atomic E-state index is 0.0346. The molecular weight excluding hydrogens is 288 g/mol. The third-order valence-corrected chi connectivity index (χ3v) is 5.01. The molecule has 3 unspecified atom stereocenters. The van der Waals surface area contributed by atoms with Gasteiger partial charge >= 0.3 is 0 Å². The lowest BCUT2D eigenvalue weighted by atomic mass is 9.80. The molecule has 0 heterocycles. The maximum atomic E-state index is 6.44. The van der Waals surface area contributed by atoms with E-state index in [0.29, 0.717) is 0 Å². The van der Waals surface area contributed by atoms with Crippen molar-refractivity contribution in [1.29, 1.82) is 0 Å². The fourth-order valence-corrected chi connectivity index (χ4v) is 3.68. The summed E-state index contributed by atoms with van der Waals surface area (Å²) in [6, 6.07) is 10.5. The van der Waals surface area contributed by atoms with Gasteiger partial charge in [-0.05, 0) is 31.2 Å². The number of rotatable bonds is 4. The zero-order valence-corrected chi connectivity index (χ0v) is 12.9. The predicted octanol–water partition coefficient (Wildman–Crippen LogP) is 5.11. The van der Waals surface area contributed by atoms with E-state index in [-0.39, 0.29) is 11.7 Å². The predicted molar refractivity (Wildman–Crippen MR) is 80.1 cm³/mol. The molecule has 0 amide bonds. The van der Waals surface area contributed by atoms with Gasteiger partial charge in [-0.15, -0.1) is 0 Å². The number of benzene rings is 1. The first-order valence-electron chi connectivity index (χ1n) is 6.94. The molecule has 1 aliphatic rings. The Morgan fingerprint density at radius 3 is 2.72 bits per heavy atom. The van der Waals surface area contributed by atoms with Crippen molar-refractivity contribution in [1.82, 2.24) is 0 Å². The zero-order chi connectivity index (χ0) is 13.0. The average Bonchev–Trinajstić information content (AvgIpc) is 2.39. The van der Waals surface area contributed by atoms with Crippen LogP contribution in [0.3, 0.4) is 0 Å². The fraction of sp³-hybridized carbons (Fsp3) is 0.625. The van der Waals surface area contributed by atoms with Gasteiger partial charge in [-0.2, -0.15) is 0 Å². The van der Waals surface area contributed by atoms with E-state index in [1.807, 2.05) is 0 Å². The van der Waals surface area contributed by atoms with Crippen LogP contribution in [0.5, 0.6) is 0 Å². The van der Waals surface area contributed by atoms with E-state index in [4.69, 9.17) is 4.74 Å². The lowest BCUT2D eigenvalue weighted by Gasteiger charge is -2.40. The highest BCUT2D eigenvalue weighted by Gasteiger charge is 2.36. The van der Waals surface area contributed by atoms with Crippen LogP contribution in [0.25, 0.3) is 0 Å². The van der Waals surface area contributed by atoms with Crippen LogP contribution >= 0.6 is 15.9 Å². The van der Waals surface area contributed by atoms with E-state index in [0.717, 1.165) is 11.2 Å². The molecule has 100 valence electrons. The van der Waals surface area contributed by atoms with E-state index >= 15 is 0 Å². The monoisotopic (exact) mass is 310 g/mol. The highest BCUT2D eigenvalue weighted by atomic mass is 79.9. The smallest absolute Gasteiger partial charge is 0.0804 e. The first-order valence-corrected chi connectivity index (χ1v) is 8.06. The zero-order valence-electron chi connectivity index (χ0n) is 11.4. The second-order valence-electron chi connectivity index (χ2n) is 5.69. The third-order valence-electron chi connectivity index (χ3n) is 3.99. The molecule has 0 spiro atoms. The molecule has 0 saturated heterocycles. The van der Waals surface area contributed by atoms with E-state index in [1.165, 1.54) is 31.2 Å². The number of ether oxygens (including phenoxy) is 1. The molecule has 18 heavy (non-hydrogen) atoms. The Hall–Kier alpha value is -0.340. The maximum Gasteiger partial charge on any atom is 0.0804 e. The van der Waals surface area contributed by atoms with Gasteiger partial charge in [0, 0.05) is 5.33 Å². The Bertz CT molecular complexity index is 365. The first kappa shape index (κ1) is 14.1. The molecule has 1 aromatic rings. The topological polar surface area (TPSA) is 9.23 Å². The average molecular weight is 311 g/mol. The van der Waals surface area contributed by atoms with Gasteiger partial charge in [0.05, 0.1) is 11.7 Å². The van der Waals surface area contributed by atoms with Gasteiger partial charge in [0.2, 0.25) is 0 Å². The van der Waals surface area contributed by atoms with Crippen molar-refractivity contribution in [3.05, 3.63) is 35.9 Å². The van der Waals surface area contributed by atoms with Gasteiger partial charge < -0.3 is 4.74 Å². The Labute approximate surface area is 119 Å². The molecule has 2 heteroatoms. The van der Waals surface area contributed by atoms with Crippen molar-refractivity contribution in [3.8, 4) is 0 Å². The van der Waals surface area contributed by atoms with Crippen LogP contribution < -0.4 is 0 Å². The molecule has 1 aliphatic carbocycles. The SMILES string of the molecule is CC1CCCC(CBr)(OC(C)c2ccccc2)C1. The summed E-state index contributed by atoms with van der Waals surface area (Å²) in [6.07, 6.45) is 5.16. The van der Waals surface area contributed by atoms with E-state index in [1.54, 1.807) is 0 Å². The molecule has 3 atom stereocenters. The molecular formula is C16H23BrO. The first-order chi connectivity index (χ1) is 8.65. The molecule has 1 nitrogen and oxygen atoms in total. The maximum absolute atomic E-state index is 6.44.